The van der Waals surface area contributed by atoms with Crippen molar-refractivity contribution in [3.05, 3.63) is 29.8 Å². The second kappa shape index (κ2) is 10.4. The monoisotopic (exact) mass is 368 g/mol. The minimum absolute atomic E-state index is 0.263. The summed E-state index contributed by atoms with van der Waals surface area (Å²) in [5.41, 5.74) is 0.881. The number of guanidine groups is 1. The number of nitrogens with zero attached hydrogens (tertiary/aromatic N) is 1. The molecule has 6 nitrogen and oxygen atoms in total. The van der Waals surface area contributed by atoms with Crippen molar-refractivity contribution < 1.29 is 8.42 Å². The van der Waals surface area contributed by atoms with E-state index in [0.29, 0.717) is 12.6 Å². The summed E-state index contributed by atoms with van der Waals surface area (Å²) in [5.74, 6) is 1.45. The molecule has 1 aromatic rings. The van der Waals surface area contributed by atoms with Gasteiger partial charge in [-0.3, -0.25) is 4.99 Å². The Kier molecular flexibility index (Phi) is 8.92. The first-order valence-corrected chi connectivity index (χ1v) is 10.3. The van der Waals surface area contributed by atoms with Crippen LogP contribution in [0.25, 0.3) is 0 Å². The van der Waals surface area contributed by atoms with Crippen LogP contribution in [0.2, 0.25) is 0 Å². The number of aliphatic imine (C=N–C) groups is 1. The Morgan fingerprint density at radius 2 is 1.92 bits per heavy atom. The minimum Gasteiger partial charge on any atom is -0.354 e. The fourth-order valence-corrected chi connectivity index (χ4v) is 3.26. The second-order valence-corrected chi connectivity index (χ2v) is 8.54. The maximum Gasteiger partial charge on any atom is 0.240 e. The van der Waals surface area contributed by atoms with Gasteiger partial charge in [0, 0.05) is 19.6 Å². The molecule has 0 aromatic heterocycles. The van der Waals surface area contributed by atoms with E-state index >= 15 is 0 Å². The molecule has 3 N–H and O–H groups in total. The third-order valence-corrected chi connectivity index (χ3v) is 5.37. The molecule has 7 heteroatoms. The first-order chi connectivity index (χ1) is 11.8. The first kappa shape index (κ1) is 21.4. The van der Waals surface area contributed by atoms with Crippen LogP contribution in [0.1, 0.15) is 45.6 Å². The molecular weight excluding hydrogens is 336 g/mol. The minimum atomic E-state index is -3.42. The molecule has 142 valence electrons. The predicted molar refractivity (Wildman–Crippen MR) is 104 cm³/mol. The molecule has 0 spiro atoms. The molecule has 1 aromatic carbocycles. The van der Waals surface area contributed by atoms with Crippen LogP contribution in [0.15, 0.2) is 34.2 Å². The third kappa shape index (κ3) is 7.88. The average molecular weight is 369 g/mol. The van der Waals surface area contributed by atoms with Crippen LogP contribution >= 0.6 is 0 Å². The summed E-state index contributed by atoms with van der Waals surface area (Å²) in [6.45, 7) is 7.13. The summed E-state index contributed by atoms with van der Waals surface area (Å²) in [5, 5.41) is 6.61. The molecule has 0 saturated heterocycles. The van der Waals surface area contributed by atoms with Crippen molar-refractivity contribution in [3.63, 3.8) is 0 Å². The first-order valence-electron chi connectivity index (χ1n) is 8.78. The van der Waals surface area contributed by atoms with E-state index in [1.54, 1.807) is 25.2 Å². The van der Waals surface area contributed by atoms with Gasteiger partial charge < -0.3 is 10.6 Å². The average Bonchev–Trinajstić information content (AvgIpc) is 2.58. The predicted octanol–water partition coefficient (Wildman–Crippen LogP) is 2.47. The quantitative estimate of drug-likeness (QED) is 0.462. The summed E-state index contributed by atoms with van der Waals surface area (Å²) in [4.78, 5) is 4.50. The largest absolute Gasteiger partial charge is 0.354 e. The summed E-state index contributed by atoms with van der Waals surface area (Å²) in [6, 6.07) is 7.21. The highest BCUT2D eigenvalue weighted by atomic mass is 32.2. The van der Waals surface area contributed by atoms with Crippen molar-refractivity contribution in [1.82, 2.24) is 15.4 Å². The van der Waals surface area contributed by atoms with E-state index < -0.39 is 10.0 Å². The van der Waals surface area contributed by atoms with E-state index in [9.17, 15) is 8.42 Å². The maximum atomic E-state index is 11.9. The molecule has 1 unspecified atom stereocenters. The Morgan fingerprint density at radius 1 is 1.20 bits per heavy atom. The highest BCUT2D eigenvalue weighted by Crippen LogP contribution is 2.11. The normalized spacial score (nSPS) is 13.8. The lowest BCUT2D eigenvalue weighted by Crippen LogP contribution is -2.41. The van der Waals surface area contributed by atoms with Gasteiger partial charge in [0.15, 0.2) is 5.96 Å². The number of benzene rings is 1. The van der Waals surface area contributed by atoms with E-state index in [1.807, 2.05) is 6.07 Å². The molecule has 0 saturated carbocycles. The Bertz CT molecular complexity index is 657. The van der Waals surface area contributed by atoms with Gasteiger partial charge in [0.25, 0.3) is 0 Å². The Hall–Kier alpha value is -1.60. The Balaban J connectivity index is 2.56. The van der Waals surface area contributed by atoms with Crippen molar-refractivity contribution in [2.75, 3.05) is 14.1 Å². The van der Waals surface area contributed by atoms with E-state index in [0.717, 1.165) is 23.9 Å². The zero-order valence-electron chi connectivity index (χ0n) is 16.0. The molecule has 0 heterocycles. The molecule has 0 aliphatic rings. The van der Waals surface area contributed by atoms with Gasteiger partial charge in [-0.2, -0.15) is 0 Å². The lowest BCUT2D eigenvalue weighted by molar-refractivity contribution is 0.491. The van der Waals surface area contributed by atoms with Crippen molar-refractivity contribution in [3.8, 4) is 0 Å². The molecule has 0 fully saturated rings. The van der Waals surface area contributed by atoms with Gasteiger partial charge in [-0.1, -0.05) is 38.8 Å². The van der Waals surface area contributed by atoms with Gasteiger partial charge in [-0.15, -0.1) is 0 Å². The van der Waals surface area contributed by atoms with E-state index in [-0.39, 0.29) is 4.90 Å². The van der Waals surface area contributed by atoms with E-state index in [2.05, 4.69) is 41.1 Å². The summed E-state index contributed by atoms with van der Waals surface area (Å²) >= 11 is 0. The number of hydrogen-bond donors (Lipinski definition) is 3. The number of rotatable bonds is 9. The van der Waals surface area contributed by atoms with Crippen LogP contribution in [0.3, 0.4) is 0 Å². The third-order valence-electron chi connectivity index (χ3n) is 3.96. The number of nitrogens with one attached hydrogen (secondary N) is 3. The van der Waals surface area contributed by atoms with Gasteiger partial charge in [-0.05, 0) is 44.0 Å². The standard InChI is InChI=1S/C18H32N4O2S/c1-14(2)8-6-9-15(3)22-18(19-4)21-13-16-10-7-11-17(12-16)25(23,24)20-5/h7,10-12,14-15,20H,6,8-9,13H2,1-5H3,(H2,19,21,22). The molecule has 0 amide bonds. The molecule has 0 aliphatic carbocycles. The molecule has 1 atom stereocenters. The molecule has 0 radical (unpaired) electrons. The smallest absolute Gasteiger partial charge is 0.240 e. The van der Waals surface area contributed by atoms with Gasteiger partial charge in [0.1, 0.15) is 0 Å². The summed E-state index contributed by atoms with van der Waals surface area (Å²) in [6.07, 6.45) is 3.51. The zero-order valence-corrected chi connectivity index (χ0v) is 16.8. The van der Waals surface area contributed by atoms with Crippen LogP contribution in [0.5, 0.6) is 0 Å². The maximum absolute atomic E-state index is 11.9. The number of hydrogen-bond acceptors (Lipinski definition) is 3. The summed E-state index contributed by atoms with van der Waals surface area (Å²) in [7, 11) is -0.281. The molecule has 0 aliphatic heterocycles. The van der Waals surface area contributed by atoms with Crippen molar-refractivity contribution in [2.45, 2.75) is 57.5 Å². The van der Waals surface area contributed by atoms with Crippen molar-refractivity contribution in [1.29, 1.82) is 0 Å². The number of sulfonamides is 1. The van der Waals surface area contributed by atoms with E-state index in [4.69, 9.17) is 0 Å². The highest BCUT2D eigenvalue weighted by Gasteiger charge is 2.11. The van der Waals surface area contributed by atoms with Gasteiger partial charge in [-0.25, -0.2) is 13.1 Å². The lowest BCUT2D eigenvalue weighted by atomic mass is 10.0. The van der Waals surface area contributed by atoms with Crippen LogP contribution in [0.4, 0.5) is 0 Å². The van der Waals surface area contributed by atoms with Gasteiger partial charge in [0.05, 0.1) is 4.90 Å². The molecular formula is C18H32N4O2S. The SMILES string of the molecule is CN=C(NCc1cccc(S(=O)(=O)NC)c1)NC(C)CCCC(C)C. The summed E-state index contributed by atoms with van der Waals surface area (Å²) < 4.78 is 26.1. The Morgan fingerprint density at radius 3 is 2.52 bits per heavy atom. The zero-order chi connectivity index (χ0) is 18.9. The van der Waals surface area contributed by atoms with E-state index in [1.165, 1.54) is 19.9 Å². The van der Waals surface area contributed by atoms with Gasteiger partial charge >= 0.3 is 0 Å². The molecule has 1 rings (SSSR count). The van der Waals surface area contributed by atoms with Gasteiger partial charge in [0.2, 0.25) is 10.0 Å². The molecule has 0 bridgehead atoms. The highest BCUT2D eigenvalue weighted by molar-refractivity contribution is 7.89. The fraction of sp³-hybridized carbons (Fsp3) is 0.611. The van der Waals surface area contributed by atoms with Crippen LogP contribution in [0, 0.1) is 5.92 Å². The lowest BCUT2D eigenvalue weighted by Gasteiger charge is -2.18. The van der Waals surface area contributed by atoms with Crippen molar-refractivity contribution in [2.24, 2.45) is 10.9 Å². The van der Waals surface area contributed by atoms with Crippen LogP contribution in [-0.2, 0) is 16.6 Å². The van der Waals surface area contributed by atoms with Crippen LogP contribution in [-0.4, -0.2) is 34.5 Å². The second-order valence-electron chi connectivity index (χ2n) is 6.65. The van der Waals surface area contributed by atoms with Crippen LogP contribution < -0.4 is 15.4 Å². The van der Waals surface area contributed by atoms with Crippen molar-refractivity contribution >= 4 is 16.0 Å². The topological polar surface area (TPSA) is 82.6 Å². The Labute approximate surface area is 152 Å². The molecule has 25 heavy (non-hydrogen) atoms. The fourth-order valence-electron chi connectivity index (χ4n) is 2.46.